The molecule has 3 aromatic rings. The van der Waals surface area contributed by atoms with Gasteiger partial charge in [-0.25, -0.2) is 14.8 Å². The van der Waals surface area contributed by atoms with Crippen LogP contribution in [0, 0.1) is 0 Å². The van der Waals surface area contributed by atoms with E-state index in [9.17, 15) is 4.79 Å². The predicted molar refractivity (Wildman–Crippen MR) is 102 cm³/mol. The van der Waals surface area contributed by atoms with Crippen LogP contribution in [-0.4, -0.2) is 23.0 Å². The molecule has 1 heterocycles. The molecule has 2 aromatic carbocycles. The van der Waals surface area contributed by atoms with Gasteiger partial charge in [0, 0.05) is 18.4 Å². The van der Waals surface area contributed by atoms with Crippen LogP contribution in [0.15, 0.2) is 60.8 Å². The van der Waals surface area contributed by atoms with Gasteiger partial charge in [-0.05, 0) is 41.4 Å². The van der Waals surface area contributed by atoms with E-state index in [0.717, 1.165) is 11.3 Å². The van der Waals surface area contributed by atoms with Crippen LogP contribution in [0.1, 0.15) is 15.9 Å². The Morgan fingerprint density at radius 2 is 1.88 bits per heavy atom. The van der Waals surface area contributed by atoms with E-state index in [4.69, 9.17) is 27.9 Å². The quantitative estimate of drug-likeness (QED) is 0.459. The van der Waals surface area contributed by atoms with Crippen molar-refractivity contribution in [2.24, 2.45) is 0 Å². The Kier molecular flexibility index (Phi) is 5.71. The lowest BCUT2D eigenvalue weighted by atomic mass is 10.1. The third-order valence-corrected chi connectivity index (χ3v) is 4.25. The standard InChI is InChI=1S/C19H15Cl2N3O2/c1-26-18(25)15-11-14(7-8-16(15)20)24(12-13-5-3-2-4-6-13)17-9-10-22-19(21)23-17/h2-11H,12H2,1H3. The fraction of sp³-hybridized carbons (Fsp3) is 0.105. The summed E-state index contributed by atoms with van der Waals surface area (Å²) in [5.74, 6) is 0.101. The van der Waals surface area contributed by atoms with E-state index in [1.165, 1.54) is 7.11 Å². The fourth-order valence-electron chi connectivity index (χ4n) is 2.49. The number of nitrogens with zero attached hydrogens (tertiary/aromatic N) is 3. The second-order valence-electron chi connectivity index (χ2n) is 5.41. The van der Waals surface area contributed by atoms with Crippen molar-refractivity contribution in [3.05, 3.63) is 82.2 Å². The molecule has 26 heavy (non-hydrogen) atoms. The number of carbonyl (C=O) groups excluding carboxylic acids is 1. The second-order valence-corrected chi connectivity index (χ2v) is 6.16. The molecule has 0 saturated carbocycles. The predicted octanol–water partition coefficient (Wildman–Crippen LogP) is 4.91. The Morgan fingerprint density at radius 1 is 1.12 bits per heavy atom. The highest BCUT2D eigenvalue weighted by atomic mass is 35.5. The summed E-state index contributed by atoms with van der Waals surface area (Å²) in [5.41, 5.74) is 2.08. The van der Waals surface area contributed by atoms with Gasteiger partial charge >= 0.3 is 5.97 Å². The normalized spacial score (nSPS) is 10.4. The van der Waals surface area contributed by atoms with E-state index >= 15 is 0 Å². The Balaban J connectivity index is 2.07. The Morgan fingerprint density at radius 3 is 2.58 bits per heavy atom. The average molecular weight is 388 g/mol. The summed E-state index contributed by atoms with van der Waals surface area (Å²) in [6.07, 6.45) is 1.58. The summed E-state index contributed by atoms with van der Waals surface area (Å²) in [6, 6.07) is 16.8. The number of rotatable bonds is 5. The van der Waals surface area contributed by atoms with E-state index in [1.807, 2.05) is 41.3 Å². The molecule has 0 bridgehead atoms. The number of anilines is 2. The molecule has 0 amide bonds. The van der Waals surface area contributed by atoms with Crippen molar-refractivity contribution >= 4 is 40.7 Å². The van der Waals surface area contributed by atoms with E-state index in [1.54, 1.807) is 24.4 Å². The number of hydrogen-bond acceptors (Lipinski definition) is 5. The lowest BCUT2D eigenvalue weighted by Crippen LogP contribution is -2.18. The zero-order valence-corrected chi connectivity index (χ0v) is 15.4. The highest BCUT2D eigenvalue weighted by molar-refractivity contribution is 6.33. The minimum Gasteiger partial charge on any atom is -0.465 e. The monoisotopic (exact) mass is 387 g/mol. The maximum atomic E-state index is 12.0. The number of benzene rings is 2. The van der Waals surface area contributed by atoms with Crippen LogP contribution in [0.3, 0.4) is 0 Å². The van der Waals surface area contributed by atoms with Gasteiger partial charge in [-0.1, -0.05) is 41.9 Å². The maximum absolute atomic E-state index is 12.0. The van der Waals surface area contributed by atoms with Crippen molar-refractivity contribution in [3.8, 4) is 0 Å². The van der Waals surface area contributed by atoms with Gasteiger partial charge < -0.3 is 9.64 Å². The lowest BCUT2D eigenvalue weighted by Gasteiger charge is -2.24. The largest absolute Gasteiger partial charge is 0.465 e. The van der Waals surface area contributed by atoms with Crippen molar-refractivity contribution in [2.75, 3.05) is 12.0 Å². The van der Waals surface area contributed by atoms with E-state index in [-0.39, 0.29) is 10.8 Å². The third-order valence-electron chi connectivity index (χ3n) is 3.74. The summed E-state index contributed by atoms with van der Waals surface area (Å²) >= 11 is 12.1. The fourth-order valence-corrected chi connectivity index (χ4v) is 2.83. The van der Waals surface area contributed by atoms with Crippen LogP contribution in [0.25, 0.3) is 0 Å². The first-order valence-corrected chi connectivity index (χ1v) is 8.52. The zero-order valence-electron chi connectivity index (χ0n) is 13.9. The van der Waals surface area contributed by atoms with Crippen molar-refractivity contribution in [2.45, 2.75) is 6.54 Å². The van der Waals surface area contributed by atoms with Crippen LogP contribution >= 0.6 is 23.2 Å². The molecule has 0 spiro atoms. The average Bonchev–Trinajstić information content (AvgIpc) is 2.67. The molecule has 0 aliphatic heterocycles. The van der Waals surface area contributed by atoms with Crippen LogP contribution < -0.4 is 4.90 Å². The molecule has 3 rings (SSSR count). The first-order valence-electron chi connectivity index (χ1n) is 7.76. The van der Waals surface area contributed by atoms with E-state index < -0.39 is 5.97 Å². The summed E-state index contributed by atoms with van der Waals surface area (Å²) in [4.78, 5) is 22.1. The first-order chi connectivity index (χ1) is 12.6. The summed E-state index contributed by atoms with van der Waals surface area (Å²) < 4.78 is 4.81. The minimum absolute atomic E-state index is 0.141. The molecule has 5 nitrogen and oxygen atoms in total. The minimum atomic E-state index is -0.503. The Labute approximate surface area is 161 Å². The van der Waals surface area contributed by atoms with Crippen molar-refractivity contribution in [3.63, 3.8) is 0 Å². The number of esters is 1. The van der Waals surface area contributed by atoms with Crippen LogP contribution in [-0.2, 0) is 11.3 Å². The topological polar surface area (TPSA) is 55.3 Å². The number of hydrogen-bond donors (Lipinski definition) is 0. The zero-order chi connectivity index (χ0) is 18.5. The highest BCUT2D eigenvalue weighted by Crippen LogP contribution is 2.30. The third kappa shape index (κ3) is 4.12. The van der Waals surface area contributed by atoms with Gasteiger partial charge in [-0.15, -0.1) is 0 Å². The van der Waals surface area contributed by atoms with Gasteiger partial charge in [0.05, 0.1) is 17.7 Å². The molecule has 0 unspecified atom stereocenters. The molecule has 0 aliphatic rings. The molecular formula is C19H15Cl2N3O2. The summed E-state index contributed by atoms with van der Waals surface area (Å²) in [7, 11) is 1.32. The maximum Gasteiger partial charge on any atom is 0.339 e. The molecule has 0 aliphatic carbocycles. The van der Waals surface area contributed by atoms with Gasteiger partial charge in [0.25, 0.3) is 0 Å². The van der Waals surface area contributed by atoms with Gasteiger partial charge in [-0.3, -0.25) is 0 Å². The molecule has 0 radical (unpaired) electrons. The second kappa shape index (κ2) is 8.17. The van der Waals surface area contributed by atoms with Crippen molar-refractivity contribution in [1.29, 1.82) is 0 Å². The van der Waals surface area contributed by atoms with Crippen LogP contribution in [0.4, 0.5) is 11.5 Å². The highest BCUT2D eigenvalue weighted by Gasteiger charge is 2.17. The number of methoxy groups -OCH3 is 1. The number of ether oxygens (including phenoxy) is 1. The number of halogens is 2. The SMILES string of the molecule is COC(=O)c1cc(N(Cc2ccccc2)c2ccnc(Cl)n2)ccc1Cl. The lowest BCUT2D eigenvalue weighted by molar-refractivity contribution is 0.0601. The summed E-state index contributed by atoms with van der Waals surface area (Å²) in [6.45, 7) is 0.524. The summed E-state index contributed by atoms with van der Waals surface area (Å²) in [5, 5.41) is 0.462. The number of aromatic nitrogens is 2. The molecule has 1 aromatic heterocycles. The number of carbonyl (C=O) groups is 1. The smallest absolute Gasteiger partial charge is 0.339 e. The van der Waals surface area contributed by atoms with Gasteiger partial charge in [0.15, 0.2) is 0 Å². The van der Waals surface area contributed by atoms with Crippen LogP contribution in [0.2, 0.25) is 10.3 Å². The van der Waals surface area contributed by atoms with Gasteiger partial charge in [0.1, 0.15) is 5.82 Å². The molecule has 132 valence electrons. The molecule has 0 saturated heterocycles. The first kappa shape index (κ1) is 18.2. The Bertz CT molecular complexity index is 920. The van der Waals surface area contributed by atoms with E-state index in [0.29, 0.717) is 17.4 Å². The molecule has 7 heteroatoms. The Hall–Kier alpha value is -2.63. The van der Waals surface area contributed by atoms with Crippen LogP contribution in [0.5, 0.6) is 0 Å². The molecular weight excluding hydrogens is 373 g/mol. The molecule has 0 atom stereocenters. The van der Waals surface area contributed by atoms with Gasteiger partial charge in [0.2, 0.25) is 5.28 Å². The van der Waals surface area contributed by atoms with Crippen molar-refractivity contribution in [1.82, 2.24) is 9.97 Å². The van der Waals surface area contributed by atoms with E-state index in [2.05, 4.69) is 9.97 Å². The van der Waals surface area contributed by atoms with Crippen molar-refractivity contribution < 1.29 is 9.53 Å². The molecule has 0 fully saturated rings. The van der Waals surface area contributed by atoms with Gasteiger partial charge in [-0.2, -0.15) is 0 Å². The molecule has 0 N–H and O–H groups in total.